The van der Waals surface area contributed by atoms with Gasteiger partial charge in [-0.05, 0) is 22.0 Å². The SMILES string of the molecule is Nc1nc(C(F)(F)F)c2cccc(Br)c2n1. The van der Waals surface area contributed by atoms with Crippen molar-refractivity contribution in [2.75, 3.05) is 5.73 Å². The first kappa shape index (κ1) is 11.1. The van der Waals surface area contributed by atoms with Crippen LogP contribution in [0.25, 0.3) is 10.9 Å². The maximum absolute atomic E-state index is 12.7. The molecule has 7 heteroatoms. The minimum absolute atomic E-state index is 0.0731. The van der Waals surface area contributed by atoms with Gasteiger partial charge in [-0.3, -0.25) is 0 Å². The van der Waals surface area contributed by atoms with Crippen LogP contribution in [-0.2, 0) is 6.18 Å². The Balaban J connectivity index is 2.89. The van der Waals surface area contributed by atoms with E-state index in [0.29, 0.717) is 4.47 Å². The van der Waals surface area contributed by atoms with Gasteiger partial charge >= 0.3 is 6.18 Å². The lowest BCUT2D eigenvalue weighted by molar-refractivity contribution is -0.139. The maximum atomic E-state index is 12.7. The zero-order valence-electron chi connectivity index (χ0n) is 7.72. The number of aromatic nitrogens is 2. The first-order valence-electron chi connectivity index (χ1n) is 4.18. The molecule has 1 heterocycles. The summed E-state index contributed by atoms with van der Waals surface area (Å²) >= 11 is 3.12. The molecular weight excluding hydrogens is 287 g/mol. The third-order valence-electron chi connectivity index (χ3n) is 1.96. The van der Waals surface area contributed by atoms with Gasteiger partial charge in [-0.15, -0.1) is 0 Å². The van der Waals surface area contributed by atoms with Gasteiger partial charge in [0, 0.05) is 9.86 Å². The Kier molecular flexibility index (Phi) is 2.49. The number of benzene rings is 1. The van der Waals surface area contributed by atoms with Crippen LogP contribution in [0.2, 0.25) is 0 Å². The monoisotopic (exact) mass is 291 g/mol. The van der Waals surface area contributed by atoms with Crippen molar-refractivity contribution >= 4 is 32.8 Å². The summed E-state index contributed by atoms with van der Waals surface area (Å²) in [5.74, 6) is -0.397. The molecule has 2 N–H and O–H groups in total. The molecule has 84 valence electrons. The van der Waals surface area contributed by atoms with Crippen LogP contribution < -0.4 is 5.73 Å². The number of halogens is 4. The minimum atomic E-state index is -4.55. The molecule has 0 aliphatic heterocycles. The third kappa shape index (κ3) is 1.82. The van der Waals surface area contributed by atoms with Gasteiger partial charge in [0.1, 0.15) is 0 Å². The standard InChI is InChI=1S/C9H5BrF3N3/c10-5-3-1-2-4-6(5)15-8(14)16-7(4)9(11,12)13/h1-3H,(H2,14,15,16). The zero-order chi connectivity index (χ0) is 11.9. The highest BCUT2D eigenvalue weighted by atomic mass is 79.9. The Labute approximate surface area is 96.6 Å². The predicted molar refractivity (Wildman–Crippen MR) is 56.7 cm³/mol. The number of alkyl halides is 3. The summed E-state index contributed by atoms with van der Waals surface area (Å²) in [5.41, 5.74) is 4.38. The highest BCUT2D eigenvalue weighted by Crippen LogP contribution is 2.35. The number of hydrogen-bond acceptors (Lipinski definition) is 3. The van der Waals surface area contributed by atoms with Crippen molar-refractivity contribution in [3.63, 3.8) is 0 Å². The van der Waals surface area contributed by atoms with E-state index in [9.17, 15) is 13.2 Å². The fraction of sp³-hybridized carbons (Fsp3) is 0.111. The van der Waals surface area contributed by atoms with Crippen LogP contribution in [-0.4, -0.2) is 9.97 Å². The molecule has 2 aromatic rings. The Morgan fingerprint density at radius 3 is 2.50 bits per heavy atom. The van der Waals surface area contributed by atoms with Gasteiger partial charge < -0.3 is 5.73 Å². The van der Waals surface area contributed by atoms with Crippen LogP contribution >= 0.6 is 15.9 Å². The van der Waals surface area contributed by atoms with Gasteiger partial charge in [0.2, 0.25) is 5.95 Å². The molecule has 0 radical (unpaired) electrons. The second kappa shape index (κ2) is 3.58. The van der Waals surface area contributed by atoms with Crippen molar-refractivity contribution < 1.29 is 13.2 Å². The molecule has 0 spiro atoms. The largest absolute Gasteiger partial charge is 0.434 e. The zero-order valence-corrected chi connectivity index (χ0v) is 9.30. The first-order chi connectivity index (χ1) is 7.39. The van der Waals surface area contributed by atoms with Gasteiger partial charge in [0.05, 0.1) is 5.52 Å². The van der Waals surface area contributed by atoms with Crippen molar-refractivity contribution in [3.8, 4) is 0 Å². The number of nitrogens with two attached hydrogens (primary N) is 1. The number of rotatable bonds is 0. The summed E-state index contributed by atoms with van der Waals surface area (Å²) < 4.78 is 38.5. The van der Waals surface area contributed by atoms with E-state index >= 15 is 0 Å². The average molecular weight is 292 g/mol. The first-order valence-corrected chi connectivity index (χ1v) is 4.98. The quantitative estimate of drug-likeness (QED) is 0.812. The molecule has 1 aromatic heterocycles. The summed E-state index contributed by atoms with van der Waals surface area (Å²) in [7, 11) is 0. The van der Waals surface area contributed by atoms with Gasteiger partial charge in [-0.1, -0.05) is 12.1 Å². The number of para-hydroxylation sites is 1. The van der Waals surface area contributed by atoms with E-state index in [-0.39, 0.29) is 10.9 Å². The van der Waals surface area contributed by atoms with Crippen LogP contribution in [0.3, 0.4) is 0 Å². The van der Waals surface area contributed by atoms with Crippen molar-refractivity contribution in [1.29, 1.82) is 0 Å². The van der Waals surface area contributed by atoms with E-state index in [1.165, 1.54) is 12.1 Å². The van der Waals surface area contributed by atoms with Crippen molar-refractivity contribution in [3.05, 3.63) is 28.4 Å². The molecular formula is C9H5BrF3N3. The fourth-order valence-electron chi connectivity index (χ4n) is 1.35. The van der Waals surface area contributed by atoms with E-state index in [2.05, 4.69) is 25.9 Å². The van der Waals surface area contributed by atoms with Crippen LogP contribution in [0.5, 0.6) is 0 Å². The molecule has 0 atom stereocenters. The van der Waals surface area contributed by atoms with Gasteiger partial charge in [0.15, 0.2) is 5.69 Å². The van der Waals surface area contributed by atoms with Gasteiger partial charge in [0.25, 0.3) is 0 Å². The number of hydrogen-bond donors (Lipinski definition) is 1. The number of nitrogens with zero attached hydrogens (tertiary/aromatic N) is 2. The average Bonchev–Trinajstić information content (AvgIpc) is 2.17. The molecule has 0 aliphatic carbocycles. The molecule has 0 amide bonds. The summed E-state index contributed by atoms with van der Waals surface area (Å²) in [4.78, 5) is 7.00. The van der Waals surface area contributed by atoms with E-state index in [1.807, 2.05) is 0 Å². The lowest BCUT2D eigenvalue weighted by Crippen LogP contribution is -2.11. The normalized spacial score (nSPS) is 12.0. The smallest absolute Gasteiger partial charge is 0.368 e. The highest BCUT2D eigenvalue weighted by Gasteiger charge is 2.35. The molecule has 0 unspecified atom stereocenters. The Bertz CT molecular complexity index is 553. The lowest BCUT2D eigenvalue weighted by Gasteiger charge is -2.10. The maximum Gasteiger partial charge on any atom is 0.434 e. The molecule has 0 aliphatic rings. The molecule has 0 saturated heterocycles. The van der Waals surface area contributed by atoms with Crippen LogP contribution in [0.4, 0.5) is 19.1 Å². The molecule has 16 heavy (non-hydrogen) atoms. The molecule has 0 saturated carbocycles. The number of nitrogen functional groups attached to an aromatic ring is 1. The minimum Gasteiger partial charge on any atom is -0.368 e. The summed E-state index contributed by atoms with van der Waals surface area (Å²) in [6, 6.07) is 4.39. The van der Waals surface area contributed by atoms with E-state index in [4.69, 9.17) is 5.73 Å². The lowest BCUT2D eigenvalue weighted by atomic mass is 10.2. The Morgan fingerprint density at radius 2 is 1.88 bits per heavy atom. The van der Waals surface area contributed by atoms with E-state index in [0.717, 1.165) is 0 Å². The van der Waals surface area contributed by atoms with Crippen LogP contribution in [0.1, 0.15) is 5.69 Å². The highest BCUT2D eigenvalue weighted by molar-refractivity contribution is 9.10. The van der Waals surface area contributed by atoms with Gasteiger partial charge in [-0.25, -0.2) is 9.97 Å². The number of fused-ring (bicyclic) bond motifs is 1. The predicted octanol–water partition coefficient (Wildman–Crippen LogP) is 2.99. The van der Waals surface area contributed by atoms with E-state index < -0.39 is 17.8 Å². The Hall–Kier alpha value is -1.37. The summed E-state index contributed by atoms with van der Waals surface area (Å²) in [6.07, 6.45) is -4.55. The Morgan fingerprint density at radius 1 is 1.19 bits per heavy atom. The summed E-state index contributed by atoms with van der Waals surface area (Å²) in [5, 5.41) is -0.0731. The third-order valence-corrected chi connectivity index (χ3v) is 2.60. The summed E-state index contributed by atoms with van der Waals surface area (Å²) in [6.45, 7) is 0. The molecule has 2 rings (SSSR count). The molecule has 3 nitrogen and oxygen atoms in total. The van der Waals surface area contributed by atoms with E-state index in [1.54, 1.807) is 6.07 Å². The molecule has 1 aromatic carbocycles. The molecule has 0 bridgehead atoms. The second-order valence-corrected chi connectivity index (χ2v) is 3.92. The van der Waals surface area contributed by atoms with Crippen LogP contribution in [0.15, 0.2) is 22.7 Å². The second-order valence-electron chi connectivity index (χ2n) is 3.06. The van der Waals surface area contributed by atoms with Crippen molar-refractivity contribution in [2.45, 2.75) is 6.18 Å². The molecule has 0 fully saturated rings. The number of anilines is 1. The topological polar surface area (TPSA) is 51.8 Å². The van der Waals surface area contributed by atoms with Crippen molar-refractivity contribution in [2.24, 2.45) is 0 Å². The van der Waals surface area contributed by atoms with Crippen molar-refractivity contribution in [1.82, 2.24) is 9.97 Å². The van der Waals surface area contributed by atoms with Gasteiger partial charge in [-0.2, -0.15) is 13.2 Å². The fourth-order valence-corrected chi connectivity index (χ4v) is 1.81. The van der Waals surface area contributed by atoms with Crippen LogP contribution in [0, 0.1) is 0 Å².